The first-order valence-corrected chi connectivity index (χ1v) is 12.8. The van der Waals surface area contributed by atoms with E-state index in [1.165, 1.54) is 22.2 Å². The largest absolute Gasteiger partial charge is 0.395 e. The monoisotopic (exact) mass is 482 g/mol. The Kier molecular flexibility index (Phi) is 6.11. The first-order chi connectivity index (χ1) is 15.9. The molecule has 3 heterocycles. The Morgan fingerprint density at radius 2 is 2.18 bits per heavy atom. The minimum absolute atomic E-state index is 0.0231. The molecule has 0 spiro atoms. The van der Waals surface area contributed by atoms with Crippen molar-refractivity contribution in [1.82, 2.24) is 14.9 Å². The van der Waals surface area contributed by atoms with Crippen molar-refractivity contribution in [1.29, 1.82) is 0 Å². The van der Waals surface area contributed by atoms with Gasteiger partial charge in [-0.15, -0.1) is 11.3 Å². The summed E-state index contributed by atoms with van der Waals surface area (Å²) in [5.41, 5.74) is 3.20. The summed E-state index contributed by atoms with van der Waals surface area (Å²) in [5.74, 6) is 0.813. The Labute approximate surface area is 200 Å². The number of carbonyl (C=O) groups is 2. The second-order valence-corrected chi connectivity index (χ2v) is 11.0. The molecule has 1 unspecified atom stereocenters. The zero-order valence-electron chi connectivity index (χ0n) is 18.6. The Morgan fingerprint density at radius 3 is 2.97 bits per heavy atom. The number of aliphatic hydroxyl groups excluding tert-OH is 1. The number of thiophene rings is 1. The van der Waals surface area contributed by atoms with Crippen LogP contribution in [0.25, 0.3) is 10.2 Å². The molecule has 2 aromatic heterocycles. The van der Waals surface area contributed by atoms with Gasteiger partial charge in [-0.25, -0.2) is 9.97 Å². The molecule has 2 N–H and O–H groups in total. The van der Waals surface area contributed by atoms with Crippen molar-refractivity contribution < 1.29 is 14.7 Å². The van der Waals surface area contributed by atoms with Crippen LogP contribution >= 0.6 is 23.1 Å². The molecule has 1 aliphatic carbocycles. The molecule has 0 fully saturated rings. The van der Waals surface area contributed by atoms with Crippen LogP contribution in [0.15, 0.2) is 29.4 Å². The standard InChI is InChI=1S/C24H26N4O3S2/c1-13(2)28(7-8-29)24(31)15-4-6-17-19(9-15)33-23-21(17)22(25-12-26-23)27-16-5-3-14-10-20(30)32-18(14)11-16/h3,5,11-13,15,29H,4,6-10H2,1-2H3,(H,25,26,27). The van der Waals surface area contributed by atoms with E-state index in [2.05, 4.69) is 15.3 Å². The van der Waals surface area contributed by atoms with Gasteiger partial charge in [0.15, 0.2) is 5.12 Å². The van der Waals surface area contributed by atoms with E-state index in [9.17, 15) is 14.7 Å². The lowest BCUT2D eigenvalue weighted by molar-refractivity contribution is -0.138. The molecule has 5 rings (SSSR count). The van der Waals surface area contributed by atoms with E-state index in [0.717, 1.165) is 45.0 Å². The number of nitrogens with one attached hydrogen (secondary N) is 1. The Hall–Kier alpha value is -2.49. The van der Waals surface area contributed by atoms with Gasteiger partial charge in [-0.05, 0) is 56.4 Å². The molecule has 1 amide bonds. The molecule has 172 valence electrons. The third kappa shape index (κ3) is 4.25. The molecule has 2 aliphatic rings. The molecular weight excluding hydrogens is 456 g/mol. The first-order valence-electron chi connectivity index (χ1n) is 11.2. The van der Waals surface area contributed by atoms with E-state index in [1.807, 2.05) is 32.0 Å². The van der Waals surface area contributed by atoms with Crippen LogP contribution in [0.5, 0.6) is 0 Å². The highest BCUT2D eigenvalue weighted by molar-refractivity contribution is 8.14. The average Bonchev–Trinajstić information content (AvgIpc) is 3.35. The lowest BCUT2D eigenvalue weighted by Gasteiger charge is -2.31. The predicted octanol–water partition coefficient (Wildman–Crippen LogP) is 3.94. The number of hydrogen-bond acceptors (Lipinski definition) is 8. The lowest BCUT2D eigenvalue weighted by atomic mass is 9.86. The van der Waals surface area contributed by atoms with Crippen LogP contribution in [-0.4, -0.2) is 50.2 Å². The number of anilines is 2. The zero-order valence-corrected chi connectivity index (χ0v) is 20.3. The summed E-state index contributed by atoms with van der Waals surface area (Å²) in [6.45, 7) is 4.32. The van der Waals surface area contributed by atoms with Gasteiger partial charge in [-0.1, -0.05) is 17.8 Å². The van der Waals surface area contributed by atoms with Crippen LogP contribution < -0.4 is 5.32 Å². The molecule has 1 aromatic carbocycles. The molecule has 9 heteroatoms. The SMILES string of the molecule is CC(C)N(CCO)C(=O)C1CCc2c(sc3ncnc(Nc4ccc5c(c4)SC(=O)C5)c23)C1. The number of aliphatic hydroxyl groups is 1. The van der Waals surface area contributed by atoms with E-state index >= 15 is 0 Å². The van der Waals surface area contributed by atoms with Crippen molar-refractivity contribution >= 4 is 55.8 Å². The maximum Gasteiger partial charge on any atom is 0.226 e. The minimum Gasteiger partial charge on any atom is -0.395 e. The fourth-order valence-electron chi connectivity index (χ4n) is 4.71. The van der Waals surface area contributed by atoms with Crippen molar-refractivity contribution in [2.75, 3.05) is 18.5 Å². The van der Waals surface area contributed by atoms with Gasteiger partial charge in [0.1, 0.15) is 17.0 Å². The summed E-state index contributed by atoms with van der Waals surface area (Å²) in [6.07, 6.45) is 4.33. The average molecular weight is 483 g/mol. The molecule has 0 bridgehead atoms. The van der Waals surface area contributed by atoms with Crippen LogP contribution in [0.2, 0.25) is 0 Å². The number of fused-ring (bicyclic) bond motifs is 4. The Balaban J connectivity index is 1.42. The van der Waals surface area contributed by atoms with Gasteiger partial charge in [0, 0.05) is 40.4 Å². The number of hydrogen-bond donors (Lipinski definition) is 2. The van der Waals surface area contributed by atoms with Gasteiger partial charge in [0.25, 0.3) is 0 Å². The number of amides is 1. The Morgan fingerprint density at radius 1 is 1.33 bits per heavy atom. The molecule has 0 radical (unpaired) electrons. The van der Waals surface area contributed by atoms with Crippen LogP contribution in [0.4, 0.5) is 11.5 Å². The first kappa shape index (κ1) is 22.3. The topological polar surface area (TPSA) is 95.4 Å². The molecule has 33 heavy (non-hydrogen) atoms. The molecule has 1 atom stereocenters. The number of rotatable bonds is 6. The van der Waals surface area contributed by atoms with Crippen molar-refractivity contribution in [3.05, 3.63) is 40.5 Å². The predicted molar refractivity (Wildman–Crippen MR) is 131 cm³/mol. The lowest BCUT2D eigenvalue weighted by Crippen LogP contribution is -2.43. The number of aromatic nitrogens is 2. The van der Waals surface area contributed by atoms with Gasteiger partial charge in [0.2, 0.25) is 5.91 Å². The van der Waals surface area contributed by atoms with Gasteiger partial charge >= 0.3 is 0 Å². The van der Waals surface area contributed by atoms with Crippen molar-refractivity contribution in [3.8, 4) is 0 Å². The highest BCUT2D eigenvalue weighted by Crippen LogP contribution is 2.41. The van der Waals surface area contributed by atoms with E-state index in [4.69, 9.17) is 0 Å². The molecule has 0 saturated heterocycles. The Bertz CT molecular complexity index is 1240. The van der Waals surface area contributed by atoms with Gasteiger partial charge < -0.3 is 15.3 Å². The number of benzene rings is 1. The van der Waals surface area contributed by atoms with Crippen LogP contribution in [0.1, 0.15) is 36.3 Å². The quantitative estimate of drug-likeness (QED) is 0.549. The van der Waals surface area contributed by atoms with Gasteiger partial charge in [-0.3, -0.25) is 9.59 Å². The number of aryl methyl sites for hydroxylation is 1. The molecule has 7 nitrogen and oxygen atoms in total. The van der Waals surface area contributed by atoms with Gasteiger partial charge in [0.05, 0.1) is 12.0 Å². The fourth-order valence-corrected chi connectivity index (χ4v) is 6.90. The smallest absolute Gasteiger partial charge is 0.226 e. The summed E-state index contributed by atoms with van der Waals surface area (Å²) in [5, 5.41) is 14.0. The van der Waals surface area contributed by atoms with Crippen molar-refractivity contribution in [2.24, 2.45) is 5.92 Å². The molecule has 0 saturated carbocycles. The molecule has 3 aromatic rings. The highest BCUT2D eigenvalue weighted by Gasteiger charge is 2.32. The third-order valence-electron chi connectivity index (χ3n) is 6.33. The minimum atomic E-state index is -0.0739. The van der Waals surface area contributed by atoms with Crippen LogP contribution in [0.3, 0.4) is 0 Å². The molecular formula is C24H26N4O3S2. The third-order valence-corrected chi connectivity index (χ3v) is 8.46. The van der Waals surface area contributed by atoms with E-state index in [-0.39, 0.29) is 29.6 Å². The zero-order chi connectivity index (χ0) is 23.1. The summed E-state index contributed by atoms with van der Waals surface area (Å²) >= 11 is 2.93. The van der Waals surface area contributed by atoms with E-state index < -0.39 is 0 Å². The number of thioether (sulfide) groups is 1. The van der Waals surface area contributed by atoms with Crippen molar-refractivity contribution in [2.45, 2.75) is 50.5 Å². The number of carbonyl (C=O) groups excluding carboxylic acids is 2. The number of nitrogens with zero attached hydrogens (tertiary/aromatic N) is 3. The highest BCUT2D eigenvalue weighted by atomic mass is 32.2. The maximum absolute atomic E-state index is 13.1. The summed E-state index contributed by atoms with van der Waals surface area (Å²) in [6, 6.07) is 6.06. The maximum atomic E-state index is 13.1. The van der Waals surface area contributed by atoms with E-state index in [0.29, 0.717) is 19.4 Å². The second-order valence-electron chi connectivity index (χ2n) is 8.79. The fraction of sp³-hybridized carbons (Fsp3) is 0.417. The van der Waals surface area contributed by atoms with Crippen molar-refractivity contribution in [3.63, 3.8) is 0 Å². The normalized spacial score (nSPS) is 17.3. The van der Waals surface area contributed by atoms with E-state index in [1.54, 1.807) is 22.6 Å². The summed E-state index contributed by atoms with van der Waals surface area (Å²) in [4.78, 5) is 38.8. The van der Waals surface area contributed by atoms with Crippen LogP contribution in [-0.2, 0) is 28.9 Å². The summed E-state index contributed by atoms with van der Waals surface area (Å²) < 4.78 is 0. The van der Waals surface area contributed by atoms with Crippen LogP contribution in [0, 0.1) is 5.92 Å². The molecule has 1 aliphatic heterocycles. The van der Waals surface area contributed by atoms with Gasteiger partial charge in [-0.2, -0.15) is 0 Å². The summed E-state index contributed by atoms with van der Waals surface area (Å²) in [7, 11) is 0. The second kappa shape index (κ2) is 9.04.